The average molecular weight is 419 g/mol. The van der Waals surface area contributed by atoms with Crippen LogP contribution in [0.2, 0.25) is 10.0 Å². The number of ketones is 1. The van der Waals surface area contributed by atoms with Gasteiger partial charge in [0.15, 0.2) is 34.4 Å². The van der Waals surface area contributed by atoms with E-state index in [2.05, 4.69) is 0 Å². The van der Waals surface area contributed by atoms with E-state index in [0.717, 1.165) is 6.07 Å². The van der Waals surface area contributed by atoms with Gasteiger partial charge in [0, 0.05) is 12.1 Å². The predicted octanol–water partition coefficient (Wildman–Crippen LogP) is 4.29. The lowest BCUT2D eigenvalue weighted by molar-refractivity contribution is -0.132. The zero-order valence-corrected chi connectivity index (χ0v) is 14.4. The Labute approximate surface area is 159 Å². The fraction of sp³-hybridized carbons (Fsp3) is 0. The number of nitrogens with two attached hydrogens (primary N) is 1. The lowest BCUT2D eigenvalue weighted by atomic mass is 9.96. The van der Waals surface area contributed by atoms with Crippen molar-refractivity contribution in [3.8, 4) is 0 Å². The number of fused-ring (bicyclic) bond motifs is 1. The molecule has 1 atom stereocenters. The Balaban J connectivity index is 2.48. The fourth-order valence-electron chi connectivity index (χ4n) is 2.68. The third-order valence-corrected chi connectivity index (χ3v) is 4.60. The molecular formula is C16H7Cl2F3N2O4. The highest BCUT2D eigenvalue weighted by Crippen LogP contribution is 2.48. The number of carboxylic acids is 1. The van der Waals surface area contributed by atoms with Crippen molar-refractivity contribution in [1.82, 2.24) is 4.65 Å². The van der Waals surface area contributed by atoms with Gasteiger partial charge in [-0.25, -0.2) is 18.0 Å². The summed E-state index contributed by atoms with van der Waals surface area (Å²) in [5.41, 5.74) is 1.72. The number of Topliss-reactive ketones (excluding diaryl/α,β-unsaturated/α-hetero) is 1. The molecule has 3 N–H and O–H groups in total. The number of carbonyl (C=O) groups excluding carboxylic acids is 1. The number of carboxylic acid groups (broad SMARTS) is 1. The zero-order chi connectivity index (χ0) is 20.3. The minimum atomic E-state index is -2.13. The highest BCUT2D eigenvalue weighted by Gasteiger charge is 2.43. The van der Waals surface area contributed by atoms with E-state index in [-0.39, 0.29) is 10.7 Å². The maximum absolute atomic E-state index is 14.5. The lowest BCUT2D eigenvalue weighted by Crippen LogP contribution is -2.39. The van der Waals surface area contributed by atoms with Crippen LogP contribution in [0.4, 0.5) is 30.2 Å². The molecule has 1 aliphatic rings. The lowest BCUT2D eigenvalue weighted by Gasteiger charge is -2.41. The molecule has 2 aromatic carbocycles. The molecule has 2 aromatic rings. The molecule has 1 aliphatic heterocycles. The molecule has 0 saturated heterocycles. The number of carbonyl (C=O) groups is 2. The van der Waals surface area contributed by atoms with Gasteiger partial charge in [-0.2, -0.15) is 0 Å². The maximum Gasteiger partial charge on any atom is 0.345 e. The average Bonchev–Trinajstić information content (AvgIpc) is 2.58. The number of hydroxylamine groups is 1. The Kier molecular flexibility index (Phi) is 4.43. The second-order valence-electron chi connectivity index (χ2n) is 5.54. The van der Waals surface area contributed by atoms with Gasteiger partial charge in [0.25, 0.3) is 0 Å². The first-order chi connectivity index (χ1) is 12.5. The van der Waals surface area contributed by atoms with Crippen LogP contribution in [-0.2, 0) is 4.79 Å². The largest absolute Gasteiger partial charge is 0.617 e. The maximum atomic E-state index is 14.5. The summed E-state index contributed by atoms with van der Waals surface area (Å²) >= 11 is 11.4. The van der Waals surface area contributed by atoms with Gasteiger partial charge >= 0.3 is 5.97 Å². The van der Waals surface area contributed by atoms with Crippen molar-refractivity contribution in [2.75, 3.05) is 5.73 Å². The quantitative estimate of drug-likeness (QED) is 0.249. The van der Waals surface area contributed by atoms with Gasteiger partial charge in [-0.15, -0.1) is 0 Å². The molecule has 0 saturated carbocycles. The standard InChI is InChI=1S/C16H7Cl2F3N2O4/c17-7-2-8(19)11(3-10(7)22)23(27)4-6(16(25)26)15(24)5-1-9(20)13(21)12(18)14(5)23/h1-4H,22H2,(H,25,26). The van der Waals surface area contributed by atoms with Gasteiger partial charge in [0.1, 0.15) is 11.2 Å². The Morgan fingerprint density at radius 3 is 2.37 bits per heavy atom. The normalized spacial score (nSPS) is 18.9. The van der Waals surface area contributed by atoms with Crippen molar-refractivity contribution in [2.24, 2.45) is 0 Å². The highest BCUT2D eigenvalue weighted by atomic mass is 35.5. The third kappa shape index (κ3) is 2.76. The van der Waals surface area contributed by atoms with Crippen molar-refractivity contribution >= 4 is 52.0 Å². The SMILES string of the molecule is Nc1cc([N+]2([O-])C=C(C(=O)O)C(=O)c3cc(F)c(F)c(Cl)c32)c(F)cc1Cl. The Hall–Kier alpha value is -2.59. The number of hydrogen-bond donors (Lipinski definition) is 2. The van der Waals surface area contributed by atoms with Crippen molar-refractivity contribution in [3.63, 3.8) is 0 Å². The molecule has 1 heterocycles. The Morgan fingerprint density at radius 2 is 1.78 bits per heavy atom. The number of halogens is 5. The van der Waals surface area contributed by atoms with Crippen LogP contribution in [0.1, 0.15) is 10.4 Å². The van der Waals surface area contributed by atoms with Gasteiger partial charge < -0.3 is 16.0 Å². The second kappa shape index (κ2) is 6.24. The van der Waals surface area contributed by atoms with E-state index in [1.807, 2.05) is 0 Å². The van der Waals surface area contributed by atoms with E-state index >= 15 is 0 Å². The molecular weight excluding hydrogens is 412 g/mol. The predicted molar refractivity (Wildman–Crippen MR) is 92.1 cm³/mol. The van der Waals surface area contributed by atoms with E-state index < -0.39 is 61.4 Å². The van der Waals surface area contributed by atoms with Crippen molar-refractivity contribution in [3.05, 3.63) is 68.2 Å². The molecule has 0 aromatic heterocycles. The Bertz CT molecular complexity index is 1070. The number of anilines is 1. The molecule has 27 heavy (non-hydrogen) atoms. The van der Waals surface area contributed by atoms with Crippen molar-refractivity contribution < 1.29 is 27.9 Å². The topological polar surface area (TPSA) is 103 Å². The molecule has 0 aliphatic carbocycles. The van der Waals surface area contributed by atoms with E-state index in [9.17, 15) is 33.1 Å². The third-order valence-electron chi connectivity index (χ3n) is 3.92. The fourth-order valence-corrected chi connectivity index (χ4v) is 3.15. The molecule has 1 unspecified atom stereocenters. The minimum absolute atomic E-state index is 0.241. The van der Waals surface area contributed by atoms with Crippen LogP contribution in [0, 0.1) is 22.7 Å². The first kappa shape index (κ1) is 19.2. The first-order valence-electron chi connectivity index (χ1n) is 7.02. The van der Waals surface area contributed by atoms with Gasteiger partial charge in [0.2, 0.25) is 5.78 Å². The minimum Gasteiger partial charge on any atom is -0.617 e. The van der Waals surface area contributed by atoms with E-state index in [1.165, 1.54) is 0 Å². The van der Waals surface area contributed by atoms with Crippen LogP contribution in [0.3, 0.4) is 0 Å². The first-order valence-corrected chi connectivity index (χ1v) is 7.78. The second-order valence-corrected chi connectivity index (χ2v) is 6.33. The summed E-state index contributed by atoms with van der Waals surface area (Å²) in [5, 5.41) is 21.4. The molecule has 0 bridgehead atoms. The molecule has 11 heteroatoms. The monoisotopic (exact) mass is 418 g/mol. The Morgan fingerprint density at radius 1 is 1.15 bits per heavy atom. The van der Waals surface area contributed by atoms with E-state index in [4.69, 9.17) is 28.9 Å². The molecule has 0 spiro atoms. The summed E-state index contributed by atoms with van der Waals surface area (Å²) in [7, 11) is 0. The number of aliphatic carboxylic acids is 1. The summed E-state index contributed by atoms with van der Waals surface area (Å²) in [6.07, 6.45) is 0.321. The molecule has 140 valence electrons. The number of nitrogens with zero attached hydrogens (tertiary/aromatic N) is 1. The van der Waals surface area contributed by atoms with E-state index in [0.29, 0.717) is 18.3 Å². The summed E-state index contributed by atoms with van der Waals surface area (Å²) in [6, 6.07) is 1.80. The van der Waals surface area contributed by atoms with Crippen LogP contribution in [-0.4, -0.2) is 16.9 Å². The van der Waals surface area contributed by atoms with Crippen LogP contribution < -0.4 is 10.4 Å². The molecule has 0 radical (unpaired) electrons. The summed E-state index contributed by atoms with van der Waals surface area (Å²) < 4.78 is 40.0. The number of quaternary nitrogens is 1. The number of rotatable bonds is 2. The molecule has 0 amide bonds. The van der Waals surface area contributed by atoms with Crippen LogP contribution in [0.25, 0.3) is 0 Å². The summed E-state index contributed by atoms with van der Waals surface area (Å²) in [5.74, 6) is -7.58. The number of benzene rings is 2. The molecule has 3 rings (SSSR count). The van der Waals surface area contributed by atoms with Crippen molar-refractivity contribution in [2.45, 2.75) is 0 Å². The van der Waals surface area contributed by atoms with Crippen LogP contribution in [0.15, 0.2) is 30.0 Å². The van der Waals surface area contributed by atoms with E-state index in [1.54, 1.807) is 0 Å². The zero-order valence-electron chi connectivity index (χ0n) is 12.9. The smallest absolute Gasteiger partial charge is 0.345 e. The van der Waals surface area contributed by atoms with Crippen LogP contribution >= 0.6 is 23.2 Å². The summed E-state index contributed by atoms with van der Waals surface area (Å²) in [4.78, 5) is 23.7. The van der Waals surface area contributed by atoms with Crippen LogP contribution in [0.5, 0.6) is 0 Å². The highest BCUT2D eigenvalue weighted by molar-refractivity contribution is 6.36. The molecule has 6 nitrogen and oxygen atoms in total. The van der Waals surface area contributed by atoms with Crippen molar-refractivity contribution in [1.29, 1.82) is 0 Å². The van der Waals surface area contributed by atoms with Gasteiger partial charge in [0.05, 0.1) is 16.3 Å². The number of nitrogen functional groups attached to an aromatic ring is 1. The van der Waals surface area contributed by atoms with Gasteiger partial charge in [-0.3, -0.25) is 9.44 Å². The van der Waals surface area contributed by atoms with Gasteiger partial charge in [-0.1, -0.05) is 23.2 Å². The number of hydrogen-bond acceptors (Lipinski definition) is 4. The molecule has 0 fully saturated rings. The van der Waals surface area contributed by atoms with Gasteiger partial charge in [-0.05, 0) is 6.07 Å². The summed E-state index contributed by atoms with van der Waals surface area (Å²) in [6.45, 7) is 0.